The highest BCUT2D eigenvalue weighted by Gasteiger charge is 2.34. The molecule has 116 valence electrons. The van der Waals surface area contributed by atoms with Gasteiger partial charge in [0.2, 0.25) is 10.0 Å². The first-order valence-corrected chi connectivity index (χ1v) is 7.84. The van der Waals surface area contributed by atoms with E-state index in [0.717, 1.165) is 22.5 Å². The number of carboxylic acid groups (broad SMARTS) is 1. The van der Waals surface area contributed by atoms with Crippen molar-refractivity contribution < 1.29 is 27.4 Å². The maximum Gasteiger partial charge on any atom is 0.335 e. The van der Waals surface area contributed by atoms with Crippen LogP contribution in [0.15, 0.2) is 23.1 Å². The Bertz CT molecular complexity index is 651. The van der Waals surface area contributed by atoms with E-state index < -0.39 is 26.7 Å². The molecular formula is C13H16FNO5S. The van der Waals surface area contributed by atoms with Crippen molar-refractivity contribution in [2.75, 3.05) is 13.1 Å². The van der Waals surface area contributed by atoms with E-state index in [0.29, 0.717) is 0 Å². The van der Waals surface area contributed by atoms with E-state index in [2.05, 4.69) is 0 Å². The summed E-state index contributed by atoms with van der Waals surface area (Å²) in [5.41, 5.74) is -0.274. The molecule has 0 unspecified atom stereocenters. The smallest absolute Gasteiger partial charge is 0.335 e. The molecule has 0 aromatic heterocycles. The van der Waals surface area contributed by atoms with E-state index in [1.165, 1.54) is 0 Å². The highest BCUT2D eigenvalue weighted by Crippen LogP contribution is 2.24. The van der Waals surface area contributed by atoms with Crippen LogP contribution in [0.1, 0.15) is 24.2 Å². The average molecular weight is 317 g/mol. The third-order valence-electron chi connectivity index (χ3n) is 3.18. The monoisotopic (exact) mass is 317 g/mol. The summed E-state index contributed by atoms with van der Waals surface area (Å²) < 4.78 is 45.4. The first-order valence-electron chi connectivity index (χ1n) is 6.40. The van der Waals surface area contributed by atoms with Gasteiger partial charge in [-0.1, -0.05) is 0 Å². The number of hydrogen-bond acceptors (Lipinski definition) is 4. The van der Waals surface area contributed by atoms with Gasteiger partial charge in [0.1, 0.15) is 10.7 Å². The van der Waals surface area contributed by atoms with Crippen molar-refractivity contribution in [1.29, 1.82) is 0 Å². The molecular weight excluding hydrogens is 301 g/mol. The van der Waals surface area contributed by atoms with Gasteiger partial charge >= 0.3 is 5.97 Å². The van der Waals surface area contributed by atoms with Crippen LogP contribution in [0.25, 0.3) is 0 Å². The normalized spacial score (nSPS) is 24.0. The maximum atomic E-state index is 13.8. The average Bonchev–Trinajstić information content (AvgIpc) is 2.37. The van der Waals surface area contributed by atoms with Crippen LogP contribution >= 0.6 is 0 Å². The van der Waals surface area contributed by atoms with Gasteiger partial charge in [-0.25, -0.2) is 17.6 Å². The molecule has 1 saturated heterocycles. The van der Waals surface area contributed by atoms with Gasteiger partial charge in [0.05, 0.1) is 17.8 Å². The molecule has 1 N–H and O–H groups in total. The van der Waals surface area contributed by atoms with E-state index in [-0.39, 0.29) is 30.9 Å². The summed E-state index contributed by atoms with van der Waals surface area (Å²) >= 11 is 0. The zero-order chi connectivity index (χ0) is 15.8. The third-order valence-corrected chi connectivity index (χ3v) is 5.03. The highest BCUT2D eigenvalue weighted by molar-refractivity contribution is 7.89. The first kappa shape index (κ1) is 15.9. The molecule has 1 aromatic carbocycles. The molecule has 2 rings (SSSR count). The number of sulfonamides is 1. The fourth-order valence-corrected chi connectivity index (χ4v) is 3.98. The summed E-state index contributed by atoms with van der Waals surface area (Å²) in [4.78, 5) is 10.3. The van der Waals surface area contributed by atoms with E-state index in [1.807, 2.05) is 0 Å². The number of aromatic carboxylic acids is 1. The predicted octanol–water partition coefficient (Wildman–Crippen LogP) is 1.32. The molecule has 6 nitrogen and oxygen atoms in total. The first-order chi connectivity index (χ1) is 9.71. The van der Waals surface area contributed by atoms with Gasteiger partial charge in [0.25, 0.3) is 0 Å². The van der Waals surface area contributed by atoms with Crippen LogP contribution in [0, 0.1) is 5.82 Å². The number of morpholine rings is 1. The number of nitrogens with zero attached hydrogens (tertiary/aromatic N) is 1. The Morgan fingerprint density at radius 3 is 2.43 bits per heavy atom. The van der Waals surface area contributed by atoms with Gasteiger partial charge in [-0.2, -0.15) is 4.31 Å². The summed E-state index contributed by atoms with van der Waals surface area (Å²) in [5.74, 6) is -2.28. The minimum Gasteiger partial charge on any atom is -0.478 e. The van der Waals surface area contributed by atoms with Crippen LogP contribution in [0.4, 0.5) is 4.39 Å². The zero-order valence-electron chi connectivity index (χ0n) is 11.6. The topological polar surface area (TPSA) is 83.9 Å². The second-order valence-electron chi connectivity index (χ2n) is 5.03. The molecule has 0 amide bonds. The van der Waals surface area contributed by atoms with E-state index >= 15 is 0 Å². The van der Waals surface area contributed by atoms with Gasteiger partial charge in [0, 0.05) is 13.1 Å². The Kier molecular flexibility index (Phi) is 4.31. The van der Waals surface area contributed by atoms with Crippen molar-refractivity contribution in [1.82, 2.24) is 4.31 Å². The Labute approximate surface area is 122 Å². The van der Waals surface area contributed by atoms with Crippen molar-refractivity contribution in [2.24, 2.45) is 0 Å². The lowest BCUT2D eigenvalue weighted by Crippen LogP contribution is -2.48. The van der Waals surface area contributed by atoms with Crippen LogP contribution in [-0.2, 0) is 14.8 Å². The Morgan fingerprint density at radius 2 is 1.90 bits per heavy atom. The van der Waals surface area contributed by atoms with E-state index in [1.54, 1.807) is 13.8 Å². The van der Waals surface area contributed by atoms with Gasteiger partial charge < -0.3 is 9.84 Å². The van der Waals surface area contributed by atoms with Crippen LogP contribution in [0.3, 0.4) is 0 Å². The molecule has 1 aromatic rings. The number of rotatable bonds is 3. The van der Waals surface area contributed by atoms with Crippen LogP contribution in [0.2, 0.25) is 0 Å². The van der Waals surface area contributed by atoms with Crippen LogP contribution in [0.5, 0.6) is 0 Å². The van der Waals surface area contributed by atoms with E-state index in [4.69, 9.17) is 9.84 Å². The zero-order valence-corrected chi connectivity index (χ0v) is 12.4. The quantitative estimate of drug-likeness (QED) is 0.909. The predicted molar refractivity (Wildman–Crippen MR) is 72.1 cm³/mol. The van der Waals surface area contributed by atoms with Crippen molar-refractivity contribution in [2.45, 2.75) is 31.0 Å². The lowest BCUT2D eigenvalue weighted by molar-refractivity contribution is -0.0441. The second-order valence-corrected chi connectivity index (χ2v) is 6.94. The largest absolute Gasteiger partial charge is 0.478 e. The maximum absolute atomic E-state index is 13.8. The molecule has 0 bridgehead atoms. The number of halogens is 1. The number of carbonyl (C=O) groups is 1. The fourth-order valence-electron chi connectivity index (χ4n) is 2.30. The number of carboxylic acids is 1. The Morgan fingerprint density at radius 1 is 1.33 bits per heavy atom. The molecule has 2 atom stereocenters. The molecule has 0 aliphatic carbocycles. The molecule has 1 aliphatic rings. The van der Waals surface area contributed by atoms with Crippen LogP contribution in [-0.4, -0.2) is 49.1 Å². The summed E-state index contributed by atoms with van der Waals surface area (Å²) in [7, 11) is -4.10. The fraction of sp³-hybridized carbons (Fsp3) is 0.462. The van der Waals surface area contributed by atoms with Gasteiger partial charge in [-0.3, -0.25) is 0 Å². The SMILES string of the molecule is C[C@H]1CN(S(=O)(=O)c2cc(C(=O)O)ccc2F)C[C@H](C)O1. The van der Waals surface area contributed by atoms with E-state index in [9.17, 15) is 17.6 Å². The lowest BCUT2D eigenvalue weighted by atomic mass is 10.2. The van der Waals surface area contributed by atoms with Gasteiger partial charge in [0.15, 0.2) is 0 Å². The standard InChI is InChI=1S/C13H16FNO5S/c1-8-6-15(7-9(2)20-8)21(18,19)12-5-10(13(16)17)3-4-11(12)14/h3-5,8-9H,6-7H2,1-2H3,(H,16,17)/t8-,9-/m0/s1. The molecule has 8 heteroatoms. The molecule has 1 fully saturated rings. The second kappa shape index (κ2) is 5.70. The van der Waals surface area contributed by atoms with Crippen molar-refractivity contribution in [3.63, 3.8) is 0 Å². The number of ether oxygens (including phenoxy) is 1. The highest BCUT2D eigenvalue weighted by atomic mass is 32.2. The third kappa shape index (κ3) is 3.22. The van der Waals surface area contributed by atoms with Crippen molar-refractivity contribution in [3.8, 4) is 0 Å². The summed E-state index contributed by atoms with van der Waals surface area (Å²) in [6, 6.07) is 2.72. The molecule has 0 saturated carbocycles. The molecule has 0 radical (unpaired) electrons. The molecule has 1 heterocycles. The minimum absolute atomic E-state index is 0.101. The number of benzene rings is 1. The van der Waals surface area contributed by atoms with Crippen molar-refractivity contribution >= 4 is 16.0 Å². The summed E-state index contributed by atoms with van der Waals surface area (Å²) in [6.07, 6.45) is -0.622. The summed E-state index contributed by atoms with van der Waals surface area (Å²) in [6.45, 7) is 3.65. The van der Waals surface area contributed by atoms with Crippen LogP contribution < -0.4 is 0 Å². The number of hydrogen-bond donors (Lipinski definition) is 1. The summed E-state index contributed by atoms with van der Waals surface area (Å²) in [5, 5.41) is 8.91. The van der Waals surface area contributed by atoms with Crippen molar-refractivity contribution in [3.05, 3.63) is 29.6 Å². The minimum atomic E-state index is -4.10. The van der Waals surface area contributed by atoms with Gasteiger partial charge in [-0.15, -0.1) is 0 Å². The Hall–Kier alpha value is -1.51. The van der Waals surface area contributed by atoms with Gasteiger partial charge in [-0.05, 0) is 32.0 Å². The molecule has 0 spiro atoms. The molecule has 21 heavy (non-hydrogen) atoms. The molecule has 1 aliphatic heterocycles. The lowest BCUT2D eigenvalue weighted by Gasteiger charge is -2.34. The Balaban J connectivity index is 2.44.